The van der Waals surface area contributed by atoms with Crippen molar-refractivity contribution in [3.05, 3.63) is 359 Å². The van der Waals surface area contributed by atoms with Crippen LogP contribution in [0.25, 0.3) is 0 Å². The molecule has 26 heteroatoms. The van der Waals surface area contributed by atoms with Gasteiger partial charge in [-0.05, 0) is 70.8 Å². The second-order valence-electron chi connectivity index (χ2n) is 32.8. The topological polar surface area (TPSA) is 263 Å². The van der Waals surface area contributed by atoms with E-state index in [-0.39, 0.29) is 95.6 Å². The fourth-order valence-electron chi connectivity index (χ4n) is 17.2. The minimum absolute atomic E-state index is 0. The first-order chi connectivity index (χ1) is 62.8. The number of amides is 1. The molecule has 0 aromatic heterocycles. The van der Waals surface area contributed by atoms with Gasteiger partial charge in [-0.3, -0.25) is 4.79 Å². The van der Waals surface area contributed by atoms with Crippen molar-refractivity contribution in [2.45, 2.75) is 247 Å². The van der Waals surface area contributed by atoms with Crippen molar-refractivity contribution in [1.29, 1.82) is 0 Å². The van der Waals surface area contributed by atoms with Crippen molar-refractivity contribution >= 4 is 11.9 Å². The van der Waals surface area contributed by atoms with Gasteiger partial charge in [0.15, 0.2) is 37.7 Å². The van der Waals surface area contributed by atoms with E-state index in [1.54, 1.807) is 0 Å². The third-order valence-corrected chi connectivity index (χ3v) is 23.7. The summed E-state index contributed by atoms with van der Waals surface area (Å²) >= 11 is 0. The van der Waals surface area contributed by atoms with Crippen molar-refractivity contribution in [2.24, 2.45) is 0 Å². The molecule has 26 atom stereocenters. The number of carbonyl (C=O) groups excluding carboxylic acids is 2. The molecule has 6 saturated heterocycles. The SMILES string of the molecule is CO[C@@H]1O[C@@H](C)[C@H](OCc2ccccc2)[C@@H](O[C@@H]2O[C@@H](C)[C@H](OCc3ccccc3)[C@@H](O[C@@H]3O[C@@H](C)[C@H](OCc4ccccc4)[C@@H](OCc4ccccc4)[C@H]3OCc3ccccc3)[C@H]2O[C@@H]2O[C@@H]3COC(c4ccccc4)O[C@H]3[C@H](O[C@@H]3O[C@H](C(=O)[O-])[C@H](OCc4ccccc4)[C@H](OCc4ccccc4)[C@H]3OCc3ccccc3)[C@H]2NC(C)=O)[C@H]1OCc1ccccc1.[Na+]. The fourth-order valence-corrected chi connectivity index (χ4v) is 17.2. The van der Waals surface area contributed by atoms with Crippen molar-refractivity contribution in [3.63, 3.8) is 0 Å². The third kappa shape index (κ3) is 25.2. The van der Waals surface area contributed by atoms with Gasteiger partial charge in [0.1, 0.15) is 104 Å². The van der Waals surface area contributed by atoms with Gasteiger partial charge in [-0.2, -0.15) is 0 Å². The predicted octanol–water partition coefficient (Wildman–Crippen LogP) is 10.5. The van der Waals surface area contributed by atoms with E-state index in [2.05, 4.69) is 5.32 Å². The molecule has 6 aliphatic heterocycles. The van der Waals surface area contributed by atoms with Crippen LogP contribution in [0.2, 0.25) is 0 Å². The zero-order valence-electron chi connectivity index (χ0n) is 73.2. The average molecular weight is 1770 g/mol. The summed E-state index contributed by atoms with van der Waals surface area (Å²) in [6.45, 7) is 7.23. The molecule has 674 valence electrons. The molecule has 10 aromatic rings. The van der Waals surface area contributed by atoms with Crippen LogP contribution in [-0.4, -0.2) is 179 Å². The van der Waals surface area contributed by atoms with Crippen LogP contribution in [0.1, 0.15) is 89.6 Å². The number of hydrogen-bond donors (Lipinski definition) is 1. The smallest absolute Gasteiger partial charge is 0.547 e. The normalized spacial score (nSPS) is 30.4. The number of ether oxygens (including phenoxy) is 21. The summed E-state index contributed by atoms with van der Waals surface area (Å²) in [5, 5.41) is 17.5. The quantitative estimate of drug-likeness (QED) is 0.0351. The van der Waals surface area contributed by atoms with Crippen LogP contribution in [-0.2, 0) is 169 Å². The Morgan fingerprint density at radius 1 is 0.310 bits per heavy atom. The van der Waals surface area contributed by atoms with E-state index < -0.39 is 172 Å². The molecule has 1 N–H and O–H groups in total. The van der Waals surface area contributed by atoms with Gasteiger partial charge in [0.25, 0.3) is 0 Å². The number of hydrogen-bond acceptors (Lipinski definition) is 24. The second kappa shape index (κ2) is 47.6. The largest absolute Gasteiger partial charge is 1.00 e. The molecule has 6 heterocycles. The zero-order valence-corrected chi connectivity index (χ0v) is 75.2. The summed E-state index contributed by atoms with van der Waals surface area (Å²) in [5.74, 6) is -2.22. The van der Waals surface area contributed by atoms with Gasteiger partial charge in [-0.1, -0.05) is 303 Å². The van der Waals surface area contributed by atoms with E-state index >= 15 is 0 Å². The Bertz CT molecular complexity index is 4930. The Balaban J connectivity index is 0.0000128. The van der Waals surface area contributed by atoms with Gasteiger partial charge in [0.05, 0.1) is 90.4 Å². The van der Waals surface area contributed by atoms with Crippen LogP contribution < -0.4 is 40.0 Å². The van der Waals surface area contributed by atoms with E-state index in [1.807, 2.05) is 324 Å². The number of benzene rings is 10. The Kier molecular flexibility index (Phi) is 35.0. The molecule has 25 nitrogen and oxygen atoms in total. The Hall–Kier alpha value is -8.70. The molecule has 16 rings (SSSR count). The maximum Gasteiger partial charge on any atom is 1.00 e. The first-order valence-electron chi connectivity index (χ1n) is 43.9. The van der Waals surface area contributed by atoms with Crippen LogP contribution >= 0.6 is 0 Å². The van der Waals surface area contributed by atoms with E-state index in [0.717, 1.165) is 50.1 Å². The molecule has 129 heavy (non-hydrogen) atoms. The zero-order chi connectivity index (χ0) is 87.9. The number of rotatable bonds is 39. The number of carboxylic acids is 1. The van der Waals surface area contributed by atoms with Crippen LogP contribution in [0.15, 0.2) is 303 Å². The molecule has 6 aliphatic rings. The number of methoxy groups -OCH3 is 1. The molecule has 0 radical (unpaired) electrons. The van der Waals surface area contributed by atoms with Gasteiger partial charge in [-0.15, -0.1) is 0 Å². The Labute approximate surface area is 775 Å². The molecule has 0 saturated carbocycles. The van der Waals surface area contributed by atoms with E-state index in [0.29, 0.717) is 5.56 Å². The van der Waals surface area contributed by atoms with Crippen molar-refractivity contribution in [2.75, 3.05) is 13.7 Å². The third-order valence-electron chi connectivity index (χ3n) is 23.7. The minimum Gasteiger partial charge on any atom is -0.547 e. The number of fused-ring (bicyclic) bond motifs is 1. The fraction of sp³-hybridized carbons (Fsp3) is 0.398. The van der Waals surface area contributed by atoms with Crippen LogP contribution in [0.3, 0.4) is 0 Å². The first-order valence-corrected chi connectivity index (χ1v) is 43.9. The maximum atomic E-state index is 14.9. The summed E-state index contributed by atoms with van der Waals surface area (Å²) in [5.41, 5.74) is 8.04. The summed E-state index contributed by atoms with van der Waals surface area (Å²) in [7, 11) is 1.54. The monoisotopic (exact) mass is 1770 g/mol. The molecule has 10 aromatic carbocycles. The number of aliphatic carboxylic acids is 1. The van der Waals surface area contributed by atoms with E-state index in [9.17, 15) is 14.7 Å². The van der Waals surface area contributed by atoms with E-state index in [1.165, 1.54) is 14.0 Å². The number of nitrogens with one attached hydrogen (secondary N) is 1. The summed E-state index contributed by atoms with van der Waals surface area (Å²) in [6.07, 6.45) is -31.1. The van der Waals surface area contributed by atoms with Gasteiger partial charge >= 0.3 is 29.6 Å². The van der Waals surface area contributed by atoms with Crippen LogP contribution in [0.5, 0.6) is 0 Å². The molecule has 0 bridgehead atoms. The molecule has 6 fully saturated rings. The molecule has 0 aliphatic carbocycles. The van der Waals surface area contributed by atoms with Gasteiger partial charge in [0, 0.05) is 19.6 Å². The minimum atomic E-state index is -1.90. The van der Waals surface area contributed by atoms with Gasteiger partial charge in [-0.25, -0.2) is 0 Å². The Morgan fingerprint density at radius 2 is 0.581 bits per heavy atom. The maximum absolute atomic E-state index is 14.9. The molecular formula is C103H112NNaO24. The average Bonchev–Trinajstić information content (AvgIpc) is 0.787. The van der Waals surface area contributed by atoms with Crippen molar-refractivity contribution in [1.82, 2.24) is 5.32 Å². The van der Waals surface area contributed by atoms with Gasteiger partial charge in [0.2, 0.25) is 5.91 Å². The van der Waals surface area contributed by atoms with E-state index in [4.69, 9.17) is 99.5 Å². The van der Waals surface area contributed by atoms with Crippen molar-refractivity contribution in [3.8, 4) is 0 Å². The standard InChI is InChI=1S/C103H113NO24.Na/c1-66-82(109-56-70-36-16-6-17-37-70)87(112-59-73-42-22-9-23-43-73)93(115-62-76-48-28-12-29-49-76)101(120-66)126-91-84(111-58-72-40-20-8-21-41-72)68(3)121-103(125-90-83(110-57-71-38-18-7-19-39-71)67(2)119-100(108-5)95(90)117-64-78-52-32-14-33-53-78)96(91)128-99-81(104-69(4)105)86(85-80(122-99)65-118-98(123-85)79-54-34-15-35-55-79)124-102-94(116-63-77-50-30-13-31-51-77)89(114-61-75-46-26-11-27-47-75)88(92(127-102)97(106)107)113-60-74-44-24-10-25-45-74;/h6-55,66-68,80-96,98-103H,56-65H2,1-5H3,(H,104,105)(H,106,107);/q;+1/p-1/t66-,67-,68-,80+,81+,82-,83-,84-,85+,86+,87+,88+,89-,90+,91+,92-,93+,94+,95+,96+,98?,99-,100+,101-,102+,103-;/m0./s1. The summed E-state index contributed by atoms with van der Waals surface area (Å²) in [6, 6.07) is 94.7. The molecular weight excluding hydrogens is 1660 g/mol. The number of carboxylic acid groups (broad SMARTS) is 1. The first kappa shape index (κ1) is 94.9. The molecule has 1 unspecified atom stereocenters. The predicted molar refractivity (Wildman–Crippen MR) is 465 cm³/mol. The Morgan fingerprint density at radius 3 is 0.930 bits per heavy atom. The second-order valence-corrected chi connectivity index (χ2v) is 32.8. The number of carbonyl (C=O) groups is 2. The van der Waals surface area contributed by atoms with Crippen LogP contribution in [0, 0.1) is 0 Å². The summed E-state index contributed by atoms with van der Waals surface area (Å²) in [4.78, 5) is 29.2. The summed E-state index contributed by atoms with van der Waals surface area (Å²) < 4.78 is 152. The van der Waals surface area contributed by atoms with Crippen LogP contribution in [0.4, 0.5) is 0 Å². The van der Waals surface area contributed by atoms with Crippen molar-refractivity contribution < 1.29 is 144 Å². The molecule has 1 amide bonds. The molecule has 0 spiro atoms. The van der Waals surface area contributed by atoms with Gasteiger partial charge < -0.3 is 115 Å².